The molecule has 0 aliphatic carbocycles. The Labute approximate surface area is 180 Å². The van der Waals surface area contributed by atoms with Crippen LogP contribution in [0.5, 0.6) is 0 Å². The molecule has 0 aliphatic rings. The molecule has 2 atom stereocenters. The van der Waals surface area contributed by atoms with Gasteiger partial charge < -0.3 is 10.2 Å². The second-order valence-electron chi connectivity index (χ2n) is 7.79. The van der Waals surface area contributed by atoms with Crippen LogP contribution in [0.15, 0.2) is 0 Å². The van der Waals surface area contributed by atoms with Gasteiger partial charge in [-0.25, -0.2) is 0 Å². The van der Waals surface area contributed by atoms with E-state index in [4.69, 9.17) is 5.11 Å². The number of rotatable bonds is 21. The predicted octanol–water partition coefficient (Wildman–Crippen LogP) is 7.41. The van der Waals surface area contributed by atoms with Gasteiger partial charge in [0.25, 0.3) is 0 Å². The fourth-order valence-corrected chi connectivity index (χ4v) is 5.71. The lowest BCUT2D eigenvalue weighted by molar-refractivity contribution is -0.137. The Morgan fingerprint density at radius 1 is 0.750 bits per heavy atom. The molecular weight excluding hydrogens is 392 g/mol. The summed E-state index contributed by atoms with van der Waals surface area (Å²) in [5, 5.41) is 17.8. The first-order valence-electron chi connectivity index (χ1n) is 11.2. The summed E-state index contributed by atoms with van der Waals surface area (Å²) in [5.74, 6) is -1.31. The third-order valence-electron chi connectivity index (χ3n) is 5.12. The molecule has 0 saturated heterocycles. The highest BCUT2D eigenvalue weighted by molar-refractivity contribution is 8.77. The van der Waals surface area contributed by atoms with Crippen molar-refractivity contribution in [2.24, 2.45) is 5.92 Å². The zero-order chi connectivity index (χ0) is 21.0. The van der Waals surface area contributed by atoms with E-state index in [-0.39, 0.29) is 5.75 Å². The van der Waals surface area contributed by atoms with Crippen LogP contribution < -0.4 is 0 Å². The Bertz CT molecular complexity index is 391. The number of carboxylic acids is 2. The maximum Gasteiger partial charge on any atom is 0.317 e. The quantitative estimate of drug-likeness (QED) is 0.145. The van der Waals surface area contributed by atoms with Crippen LogP contribution in [0, 0.1) is 5.92 Å². The van der Waals surface area contributed by atoms with Crippen LogP contribution >= 0.6 is 21.6 Å². The summed E-state index contributed by atoms with van der Waals surface area (Å²) in [6, 6.07) is 0. The number of carbonyl (C=O) groups is 2. The topological polar surface area (TPSA) is 74.6 Å². The van der Waals surface area contributed by atoms with Crippen molar-refractivity contribution in [1.29, 1.82) is 0 Å². The zero-order valence-corrected chi connectivity index (χ0v) is 19.6. The Kier molecular flexibility index (Phi) is 19.7. The third kappa shape index (κ3) is 17.7. The fraction of sp³-hybridized carbons (Fsp3) is 0.909. The lowest BCUT2D eigenvalue weighted by Gasteiger charge is -2.20. The molecule has 28 heavy (non-hydrogen) atoms. The predicted molar refractivity (Wildman–Crippen MR) is 123 cm³/mol. The molecule has 0 rings (SSSR count). The molecule has 0 fully saturated rings. The molecule has 2 unspecified atom stereocenters. The van der Waals surface area contributed by atoms with Gasteiger partial charge in [-0.3, -0.25) is 9.59 Å². The second kappa shape index (κ2) is 19.9. The van der Waals surface area contributed by atoms with Crippen molar-refractivity contribution in [2.45, 2.75) is 115 Å². The molecule has 4 nitrogen and oxygen atoms in total. The molecule has 0 amide bonds. The van der Waals surface area contributed by atoms with E-state index in [1.807, 2.05) is 0 Å². The molecule has 0 aromatic rings. The van der Waals surface area contributed by atoms with E-state index in [1.54, 1.807) is 0 Å². The highest BCUT2D eigenvalue weighted by atomic mass is 33.1. The third-order valence-corrected chi connectivity index (χ3v) is 7.71. The average Bonchev–Trinajstić information content (AvgIpc) is 2.65. The molecule has 2 N–H and O–H groups in total. The minimum Gasteiger partial charge on any atom is -0.481 e. The first kappa shape index (κ1) is 27.6. The van der Waals surface area contributed by atoms with Gasteiger partial charge in [0.05, 0.1) is 0 Å². The zero-order valence-electron chi connectivity index (χ0n) is 18.0. The normalized spacial score (nSPS) is 13.4. The molecule has 0 spiro atoms. The van der Waals surface area contributed by atoms with E-state index in [1.165, 1.54) is 87.8 Å². The van der Waals surface area contributed by atoms with Crippen molar-refractivity contribution in [1.82, 2.24) is 0 Å². The van der Waals surface area contributed by atoms with Crippen LogP contribution in [0.1, 0.15) is 110 Å². The van der Waals surface area contributed by atoms with Crippen LogP contribution in [0.4, 0.5) is 0 Å². The Balaban J connectivity index is 4.36. The van der Waals surface area contributed by atoms with Gasteiger partial charge in [0.15, 0.2) is 0 Å². The van der Waals surface area contributed by atoms with Crippen LogP contribution in [-0.2, 0) is 9.59 Å². The maximum absolute atomic E-state index is 11.6. The van der Waals surface area contributed by atoms with Crippen molar-refractivity contribution in [3.63, 3.8) is 0 Å². The summed E-state index contributed by atoms with van der Waals surface area (Å²) in [6.07, 6.45) is 18.0. The van der Waals surface area contributed by atoms with E-state index in [0.29, 0.717) is 12.3 Å². The number of hydrogen-bond acceptors (Lipinski definition) is 4. The molecule has 0 bridgehead atoms. The van der Waals surface area contributed by atoms with Gasteiger partial charge in [0.2, 0.25) is 0 Å². The summed E-state index contributed by atoms with van der Waals surface area (Å²) in [7, 11) is 2.37. The molecule has 166 valence electrons. The van der Waals surface area contributed by atoms with E-state index in [2.05, 4.69) is 13.8 Å². The van der Waals surface area contributed by atoms with Gasteiger partial charge in [0, 0.05) is 0 Å². The molecule has 0 radical (unpaired) electrons. The second-order valence-corrected chi connectivity index (χ2v) is 10.4. The summed E-state index contributed by atoms with van der Waals surface area (Å²) >= 11 is 0. The largest absolute Gasteiger partial charge is 0.481 e. The van der Waals surface area contributed by atoms with Gasteiger partial charge in [-0.15, -0.1) is 0 Å². The number of hydrogen-bond donors (Lipinski definition) is 2. The fourth-order valence-electron chi connectivity index (χ4n) is 3.46. The maximum atomic E-state index is 11.6. The lowest BCUT2D eigenvalue weighted by atomic mass is 9.90. The van der Waals surface area contributed by atoms with Crippen molar-refractivity contribution < 1.29 is 19.8 Å². The highest BCUT2D eigenvalue weighted by Gasteiger charge is 2.23. The van der Waals surface area contributed by atoms with Crippen LogP contribution in [0.3, 0.4) is 0 Å². The van der Waals surface area contributed by atoms with Crippen molar-refractivity contribution in [3.05, 3.63) is 0 Å². The van der Waals surface area contributed by atoms with E-state index in [0.717, 1.165) is 23.6 Å². The summed E-state index contributed by atoms with van der Waals surface area (Å²) < 4.78 is 0. The Morgan fingerprint density at radius 3 is 1.64 bits per heavy atom. The van der Waals surface area contributed by atoms with Gasteiger partial charge in [0.1, 0.15) is 11.0 Å². The summed E-state index contributed by atoms with van der Waals surface area (Å²) in [6.45, 7) is 4.45. The molecule has 0 aromatic carbocycles. The molecule has 0 heterocycles. The minimum absolute atomic E-state index is 0.0477. The minimum atomic E-state index is -0.891. The smallest absolute Gasteiger partial charge is 0.317 e. The first-order chi connectivity index (χ1) is 13.5. The number of unbranched alkanes of at least 4 members (excludes halogenated alkanes) is 10. The van der Waals surface area contributed by atoms with Crippen LogP contribution in [0.2, 0.25) is 0 Å². The van der Waals surface area contributed by atoms with E-state index < -0.39 is 17.2 Å². The summed E-state index contributed by atoms with van der Waals surface area (Å²) in [4.78, 5) is 22.3. The lowest BCUT2D eigenvalue weighted by Crippen LogP contribution is -2.20. The van der Waals surface area contributed by atoms with Crippen LogP contribution in [0.25, 0.3) is 0 Å². The summed E-state index contributed by atoms with van der Waals surface area (Å²) in [5.41, 5.74) is 0. The van der Waals surface area contributed by atoms with E-state index >= 15 is 0 Å². The highest BCUT2D eigenvalue weighted by Crippen LogP contribution is 2.34. The molecule has 0 aromatic heterocycles. The SMILES string of the molecule is CCCCCCCCCC(CCCCCCC)CC(SSCC(=O)O)C(=O)O. The van der Waals surface area contributed by atoms with E-state index in [9.17, 15) is 14.7 Å². The van der Waals surface area contributed by atoms with Crippen molar-refractivity contribution in [3.8, 4) is 0 Å². The number of carboxylic acid groups (broad SMARTS) is 2. The van der Waals surface area contributed by atoms with Crippen molar-refractivity contribution in [2.75, 3.05) is 5.75 Å². The average molecular weight is 435 g/mol. The molecule has 0 saturated carbocycles. The number of aliphatic carboxylic acids is 2. The Hall–Kier alpha value is -0.360. The Morgan fingerprint density at radius 2 is 1.21 bits per heavy atom. The first-order valence-corrected chi connectivity index (χ1v) is 13.6. The molecule has 6 heteroatoms. The van der Waals surface area contributed by atoms with Gasteiger partial charge in [-0.2, -0.15) is 0 Å². The van der Waals surface area contributed by atoms with Gasteiger partial charge in [-0.1, -0.05) is 125 Å². The van der Waals surface area contributed by atoms with Gasteiger partial charge in [-0.05, 0) is 12.3 Å². The van der Waals surface area contributed by atoms with Crippen molar-refractivity contribution >= 4 is 33.5 Å². The van der Waals surface area contributed by atoms with Gasteiger partial charge >= 0.3 is 11.9 Å². The molecule has 0 aliphatic heterocycles. The molecular formula is C22H42O4S2. The standard InChI is InChI=1S/C22H42O4S2/c1-3-5-7-9-10-12-14-16-19(15-13-11-8-6-4-2)17-20(22(25)26)28-27-18-21(23)24/h19-20H,3-18H2,1-2H3,(H,23,24)(H,25,26). The monoisotopic (exact) mass is 434 g/mol. The van der Waals surface area contributed by atoms with Crippen LogP contribution in [-0.4, -0.2) is 33.2 Å².